The van der Waals surface area contributed by atoms with Crippen LogP contribution in [0.4, 0.5) is 13.2 Å². The van der Waals surface area contributed by atoms with E-state index in [-0.39, 0.29) is 4.91 Å². The Morgan fingerprint density at radius 2 is 1.50 bits per heavy atom. The van der Waals surface area contributed by atoms with E-state index in [9.17, 15) is 17.4 Å². The highest BCUT2D eigenvalue weighted by Crippen LogP contribution is 2.30. The lowest BCUT2D eigenvalue weighted by atomic mass is 10.1. The molecule has 0 saturated carbocycles. The van der Waals surface area contributed by atoms with Crippen LogP contribution in [0, 0.1) is 0 Å². The first-order chi connectivity index (χ1) is 9.39. The second-order valence-electron chi connectivity index (χ2n) is 4.08. The monoisotopic (exact) mass is 296 g/mol. The van der Waals surface area contributed by atoms with Crippen LogP contribution in [0.3, 0.4) is 0 Å². The number of benzene rings is 2. The van der Waals surface area contributed by atoms with Gasteiger partial charge in [0.2, 0.25) is 0 Å². The van der Waals surface area contributed by atoms with Crippen LogP contribution < -0.4 is 0 Å². The fraction of sp³-hybridized carbons (Fsp3) is 0.0667. The highest BCUT2D eigenvalue weighted by molar-refractivity contribution is 7.94. The van der Waals surface area contributed by atoms with Gasteiger partial charge in [-0.15, -0.1) is 0 Å². The van der Waals surface area contributed by atoms with Crippen molar-refractivity contribution in [1.29, 1.82) is 0 Å². The van der Waals surface area contributed by atoms with E-state index in [1.54, 1.807) is 30.3 Å². The van der Waals surface area contributed by atoms with Gasteiger partial charge in [-0.2, -0.15) is 13.2 Å². The Kier molecular flexibility index (Phi) is 4.09. The first-order valence-electron chi connectivity index (χ1n) is 5.73. The molecular weight excluding hydrogens is 285 g/mol. The lowest BCUT2D eigenvalue weighted by Crippen LogP contribution is -2.04. The molecule has 1 atom stereocenters. The minimum Gasteiger partial charge on any atom is -0.249 e. The van der Waals surface area contributed by atoms with E-state index in [0.717, 1.165) is 12.1 Å². The van der Waals surface area contributed by atoms with Crippen molar-refractivity contribution in [3.8, 4) is 0 Å². The van der Waals surface area contributed by atoms with Crippen LogP contribution in [0.2, 0.25) is 0 Å². The molecule has 1 nitrogen and oxygen atoms in total. The van der Waals surface area contributed by atoms with Gasteiger partial charge in [0.1, 0.15) is 0 Å². The van der Waals surface area contributed by atoms with E-state index in [1.807, 2.05) is 0 Å². The molecule has 0 aliphatic heterocycles. The van der Waals surface area contributed by atoms with E-state index in [1.165, 1.54) is 12.1 Å². The van der Waals surface area contributed by atoms with Gasteiger partial charge in [-0.3, -0.25) is 0 Å². The summed E-state index contributed by atoms with van der Waals surface area (Å²) < 4.78 is 49.6. The topological polar surface area (TPSA) is 17.1 Å². The molecule has 5 heteroatoms. The van der Waals surface area contributed by atoms with Crippen molar-refractivity contribution in [1.82, 2.24) is 0 Å². The molecule has 0 bridgehead atoms. The van der Waals surface area contributed by atoms with Crippen molar-refractivity contribution in [3.63, 3.8) is 0 Å². The Morgan fingerprint density at radius 1 is 0.950 bits per heavy atom. The maximum Gasteiger partial charge on any atom is 0.416 e. The highest BCUT2D eigenvalue weighted by atomic mass is 32.2. The molecule has 20 heavy (non-hydrogen) atoms. The number of halogens is 3. The third-order valence-electron chi connectivity index (χ3n) is 2.72. The molecule has 0 N–H and O–H groups in total. The molecule has 0 amide bonds. The highest BCUT2D eigenvalue weighted by Gasteiger charge is 2.30. The zero-order chi connectivity index (χ0) is 14.8. The van der Waals surface area contributed by atoms with Crippen LogP contribution in [0.1, 0.15) is 11.1 Å². The maximum absolute atomic E-state index is 12.5. The van der Waals surface area contributed by atoms with Gasteiger partial charge in [-0.25, -0.2) is 4.21 Å². The quantitative estimate of drug-likeness (QED) is 0.816. The van der Waals surface area contributed by atoms with Gasteiger partial charge in [0.25, 0.3) is 0 Å². The molecule has 0 spiro atoms. The van der Waals surface area contributed by atoms with Gasteiger partial charge < -0.3 is 0 Å². The second-order valence-corrected chi connectivity index (χ2v) is 5.58. The second kappa shape index (κ2) is 5.63. The van der Waals surface area contributed by atoms with Crippen molar-refractivity contribution in [3.05, 3.63) is 72.3 Å². The number of alkyl halides is 3. The normalized spacial score (nSPS) is 12.9. The summed E-state index contributed by atoms with van der Waals surface area (Å²) in [6.07, 6.45) is -4.38. The summed E-state index contributed by atoms with van der Waals surface area (Å²) in [6, 6.07) is 13.1. The van der Waals surface area contributed by atoms with Gasteiger partial charge in [-0.05, 0) is 29.8 Å². The predicted molar refractivity (Wildman–Crippen MR) is 73.3 cm³/mol. The van der Waals surface area contributed by atoms with Crippen molar-refractivity contribution in [2.24, 2.45) is 0 Å². The smallest absolute Gasteiger partial charge is 0.249 e. The average molecular weight is 296 g/mol. The number of hydrogen-bond acceptors (Lipinski definition) is 1. The zero-order valence-electron chi connectivity index (χ0n) is 10.4. The molecule has 104 valence electrons. The standard InChI is InChI=1S/C15H11F3OS/c1-11(20(19)14-5-3-2-4-6-14)12-7-9-13(10-8-12)15(16,17)18/h2-10H,1H2. The fourth-order valence-corrected chi connectivity index (χ4v) is 2.68. The SMILES string of the molecule is C=C(c1ccc(C(F)(F)F)cc1)S(=O)c1ccccc1. The molecule has 0 aliphatic carbocycles. The summed E-state index contributed by atoms with van der Waals surface area (Å²) in [6.45, 7) is 3.71. The molecule has 0 aliphatic rings. The molecular formula is C15H11F3OS. The Hall–Kier alpha value is -1.88. The predicted octanol–water partition coefficient (Wildman–Crippen LogP) is 4.48. The first kappa shape index (κ1) is 14.5. The van der Waals surface area contributed by atoms with Gasteiger partial charge in [-0.1, -0.05) is 36.9 Å². The Balaban J connectivity index is 2.24. The van der Waals surface area contributed by atoms with Gasteiger partial charge >= 0.3 is 6.18 Å². The lowest BCUT2D eigenvalue weighted by molar-refractivity contribution is -0.137. The van der Waals surface area contributed by atoms with Crippen LogP contribution in [0.25, 0.3) is 4.91 Å². The van der Waals surface area contributed by atoms with Crippen molar-refractivity contribution in [2.45, 2.75) is 11.1 Å². The average Bonchev–Trinajstić information content (AvgIpc) is 2.46. The Morgan fingerprint density at radius 3 is 2.00 bits per heavy atom. The third-order valence-corrected chi connectivity index (χ3v) is 4.10. The Bertz CT molecular complexity index is 630. The van der Waals surface area contributed by atoms with Crippen molar-refractivity contribution >= 4 is 15.7 Å². The van der Waals surface area contributed by atoms with E-state index in [0.29, 0.717) is 10.5 Å². The molecule has 0 radical (unpaired) electrons. The summed E-state index contributed by atoms with van der Waals surface area (Å²) in [4.78, 5) is 0.849. The lowest BCUT2D eigenvalue weighted by Gasteiger charge is -2.09. The van der Waals surface area contributed by atoms with Crippen LogP contribution in [-0.2, 0) is 17.0 Å². The third kappa shape index (κ3) is 3.17. The molecule has 0 fully saturated rings. The van der Waals surface area contributed by atoms with Crippen LogP contribution in [0.15, 0.2) is 66.1 Å². The maximum atomic E-state index is 12.5. The van der Waals surface area contributed by atoms with Crippen molar-refractivity contribution < 1.29 is 17.4 Å². The van der Waals surface area contributed by atoms with Crippen LogP contribution >= 0.6 is 0 Å². The summed E-state index contributed by atoms with van der Waals surface area (Å²) >= 11 is 0. The minimum absolute atomic E-state index is 0.282. The van der Waals surface area contributed by atoms with E-state index < -0.39 is 22.5 Å². The molecule has 2 rings (SSSR count). The van der Waals surface area contributed by atoms with E-state index in [2.05, 4.69) is 6.58 Å². The number of hydrogen-bond donors (Lipinski definition) is 0. The Labute approximate surface area is 117 Å². The zero-order valence-corrected chi connectivity index (χ0v) is 11.2. The molecule has 2 aromatic carbocycles. The molecule has 0 aromatic heterocycles. The minimum atomic E-state index is -4.38. The van der Waals surface area contributed by atoms with E-state index >= 15 is 0 Å². The molecule has 0 heterocycles. The van der Waals surface area contributed by atoms with Gasteiger partial charge in [0.05, 0.1) is 16.4 Å². The molecule has 0 saturated heterocycles. The van der Waals surface area contributed by atoms with Crippen molar-refractivity contribution in [2.75, 3.05) is 0 Å². The summed E-state index contributed by atoms with van der Waals surface area (Å²) in [5.41, 5.74) is -0.306. The molecule has 1 unspecified atom stereocenters. The van der Waals surface area contributed by atoms with Crippen LogP contribution in [0.5, 0.6) is 0 Å². The molecule has 2 aromatic rings. The largest absolute Gasteiger partial charge is 0.416 e. The summed E-state index contributed by atoms with van der Waals surface area (Å²) in [7, 11) is -1.48. The number of rotatable bonds is 3. The van der Waals surface area contributed by atoms with Crippen LogP contribution in [-0.4, -0.2) is 4.21 Å². The van der Waals surface area contributed by atoms with E-state index in [4.69, 9.17) is 0 Å². The first-order valence-corrected chi connectivity index (χ1v) is 6.88. The fourth-order valence-electron chi connectivity index (χ4n) is 1.64. The summed E-state index contributed by atoms with van der Waals surface area (Å²) in [5, 5.41) is 0. The van der Waals surface area contributed by atoms with Gasteiger partial charge in [0.15, 0.2) is 0 Å². The van der Waals surface area contributed by atoms with Gasteiger partial charge in [0, 0.05) is 9.80 Å². The summed E-state index contributed by atoms with van der Waals surface area (Å²) in [5.74, 6) is 0.